The van der Waals surface area contributed by atoms with Gasteiger partial charge < -0.3 is 10.2 Å². The number of carbonyl (C=O) groups excluding carboxylic acids is 1. The molecule has 1 aliphatic rings. The van der Waals surface area contributed by atoms with Crippen LogP contribution in [0.4, 0.5) is 11.4 Å². The number of amides is 1. The van der Waals surface area contributed by atoms with Crippen LogP contribution in [-0.2, 0) is 11.3 Å². The Labute approximate surface area is 133 Å². The molecule has 0 fully saturated rings. The molecule has 3 nitrogen and oxygen atoms in total. The second-order valence-corrected chi connectivity index (χ2v) is 6.70. The predicted octanol–water partition coefficient (Wildman–Crippen LogP) is 4.19. The molecular formula is C17H17BrN2O. The van der Waals surface area contributed by atoms with Gasteiger partial charge in [0.1, 0.15) is 5.54 Å². The molecule has 1 amide bonds. The Bertz CT molecular complexity index is 679. The molecular weight excluding hydrogens is 328 g/mol. The first-order valence-electron chi connectivity index (χ1n) is 6.91. The van der Waals surface area contributed by atoms with Crippen molar-refractivity contribution in [3.63, 3.8) is 0 Å². The Balaban J connectivity index is 1.99. The number of carbonyl (C=O) groups is 1. The van der Waals surface area contributed by atoms with E-state index in [1.807, 2.05) is 67.3 Å². The highest BCUT2D eigenvalue weighted by Gasteiger charge is 2.38. The van der Waals surface area contributed by atoms with E-state index in [1.54, 1.807) is 0 Å². The van der Waals surface area contributed by atoms with Crippen molar-refractivity contribution in [1.29, 1.82) is 0 Å². The van der Waals surface area contributed by atoms with E-state index in [2.05, 4.69) is 21.2 Å². The van der Waals surface area contributed by atoms with Crippen LogP contribution >= 0.6 is 15.9 Å². The molecule has 1 heterocycles. The van der Waals surface area contributed by atoms with E-state index >= 15 is 0 Å². The number of hydrogen-bond acceptors (Lipinski definition) is 2. The van der Waals surface area contributed by atoms with Crippen LogP contribution in [0.2, 0.25) is 0 Å². The summed E-state index contributed by atoms with van der Waals surface area (Å²) >= 11 is 3.44. The monoisotopic (exact) mass is 344 g/mol. The number of nitrogens with one attached hydrogen (secondary N) is 1. The van der Waals surface area contributed by atoms with E-state index in [0.29, 0.717) is 6.54 Å². The minimum atomic E-state index is -0.594. The minimum absolute atomic E-state index is 0.0871. The first kappa shape index (κ1) is 14.1. The molecule has 0 bridgehead atoms. The van der Waals surface area contributed by atoms with Gasteiger partial charge in [0.25, 0.3) is 5.91 Å². The van der Waals surface area contributed by atoms with Gasteiger partial charge in [-0.05, 0) is 43.7 Å². The molecule has 1 aliphatic heterocycles. The van der Waals surface area contributed by atoms with Crippen LogP contribution < -0.4 is 10.2 Å². The van der Waals surface area contributed by atoms with Crippen LogP contribution in [0.1, 0.15) is 19.4 Å². The van der Waals surface area contributed by atoms with Gasteiger partial charge in [0.15, 0.2) is 0 Å². The number of halogens is 1. The van der Waals surface area contributed by atoms with Crippen molar-refractivity contribution in [2.24, 2.45) is 0 Å². The van der Waals surface area contributed by atoms with Gasteiger partial charge in [0.05, 0.1) is 17.9 Å². The smallest absolute Gasteiger partial charge is 0.252 e. The van der Waals surface area contributed by atoms with E-state index in [-0.39, 0.29) is 5.91 Å². The highest BCUT2D eigenvalue weighted by molar-refractivity contribution is 9.10. The van der Waals surface area contributed by atoms with Crippen LogP contribution in [0.5, 0.6) is 0 Å². The van der Waals surface area contributed by atoms with Crippen molar-refractivity contribution < 1.29 is 4.79 Å². The highest BCUT2D eigenvalue weighted by atomic mass is 79.9. The molecule has 108 valence electrons. The van der Waals surface area contributed by atoms with Crippen LogP contribution in [0, 0.1) is 0 Å². The number of benzene rings is 2. The van der Waals surface area contributed by atoms with Gasteiger partial charge in [-0.2, -0.15) is 0 Å². The zero-order valence-corrected chi connectivity index (χ0v) is 13.6. The number of para-hydroxylation sites is 2. The zero-order valence-electron chi connectivity index (χ0n) is 12.1. The normalized spacial score (nSPS) is 16.3. The third-order valence-corrected chi connectivity index (χ3v) is 4.20. The molecule has 2 aromatic rings. The molecule has 0 saturated carbocycles. The topological polar surface area (TPSA) is 32.3 Å². The molecule has 0 radical (unpaired) electrons. The van der Waals surface area contributed by atoms with Crippen molar-refractivity contribution in [3.8, 4) is 0 Å². The third-order valence-electron chi connectivity index (χ3n) is 3.68. The maximum absolute atomic E-state index is 12.7. The Hall–Kier alpha value is -1.81. The average molecular weight is 345 g/mol. The standard InChI is InChI=1S/C17H17BrN2O/c1-17(2)16(21)20(11-12-7-9-13(18)10-8-12)15-6-4-3-5-14(15)19-17/h3-10,19H,11H2,1-2H3. The maximum atomic E-state index is 12.7. The Morgan fingerprint density at radius 2 is 1.76 bits per heavy atom. The maximum Gasteiger partial charge on any atom is 0.252 e. The molecule has 1 N–H and O–H groups in total. The van der Waals surface area contributed by atoms with Gasteiger partial charge in [0.2, 0.25) is 0 Å². The van der Waals surface area contributed by atoms with Gasteiger partial charge in [-0.1, -0.05) is 40.2 Å². The molecule has 4 heteroatoms. The molecule has 0 saturated heterocycles. The fraction of sp³-hybridized carbons (Fsp3) is 0.235. The van der Waals surface area contributed by atoms with E-state index in [0.717, 1.165) is 21.4 Å². The molecule has 3 rings (SSSR count). The second-order valence-electron chi connectivity index (χ2n) is 5.78. The number of anilines is 2. The summed E-state index contributed by atoms with van der Waals surface area (Å²) < 4.78 is 1.04. The largest absolute Gasteiger partial charge is 0.370 e. The summed E-state index contributed by atoms with van der Waals surface area (Å²) in [5.41, 5.74) is 2.45. The lowest BCUT2D eigenvalue weighted by Crippen LogP contribution is -2.53. The van der Waals surface area contributed by atoms with Crippen molar-refractivity contribution in [2.45, 2.75) is 25.9 Å². The van der Waals surface area contributed by atoms with Crippen LogP contribution in [0.25, 0.3) is 0 Å². The number of fused-ring (bicyclic) bond motifs is 1. The third kappa shape index (κ3) is 2.68. The predicted molar refractivity (Wildman–Crippen MR) is 89.5 cm³/mol. The van der Waals surface area contributed by atoms with Gasteiger partial charge >= 0.3 is 0 Å². The summed E-state index contributed by atoms with van der Waals surface area (Å²) in [4.78, 5) is 14.6. The number of nitrogens with zero attached hydrogens (tertiary/aromatic N) is 1. The quantitative estimate of drug-likeness (QED) is 0.885. The zero-order chi connectivity index (χ0) is 15.0. The summed E-state index contributed by atoms with van der Waals surface area (Å²) in [7, 11) is 0. The summed E-state index contributed by atoms with van der Waals surface area (Å²) in [5.74, 6) is 0.0871. The number of hydrogen-bond donors (Lipinski definition) is 1. The van der Waals surface area contributed by atoms with Crippen molar-refractivity contribution >= 4 is 33.2 Å². The lowest BCUT2D eigenvalue weighted by Gasteiger charge is -2.40. The number of rotatable bonds is 2. The molecule has 0 atom stereocenters. The van der Waals surface area contributed by atoms with Gasteiger partial charge in [-0.15, -0.1) is 0 Å². The van der Waals surface area contributed by atoms with Crippen LogP contribution in [0.15, 0.2) is 53.0 Å². The van der Waals surface area contributed by atoms with E-state index in [4.69, 9.17) is 0 Å². The molecule has 0 aromatic heterocycles. The first-order valence-corrected chi connectivity index (χ1v) is 7.70. The Morgan fingerprint density at radius 3 is 2.48 bits per heavy atom. The van der Waals surface area contributed by atoms with Crippen LogP contribution in [-0.4, -0.2) is 11.4 Å². The van der Waals surface area contributed by atoms with Crippen LogP contribution in [0.3, 0.4) is 0 Å². The van der Waals surface area contributed by atoms with Crippen molar-refractivity contribution in [2.75, 3.05) is 10.2 Å². The van der Waals surface area contributed by atoms with Gasteiger partial charge in [-0.3, -0.25) is 4.79 Å². The van der Waals surface area contributed by atoms with Gasteiger partial charge in [0, 0.05) is 4.47 Å². The molecule has 0 spiro atoms. The summed E-state index contributed by atoms with van der Waals surface area (Å²) in [6.07, 6.45) is 0. The molecule has 0 unspecified atom stereocenters. The second kappa shape index (κ2) is 5.19. The summed E-state index contributed by atoms with van der Waals surface area (Å²) in [5, 5.41) is 3.31. The lowest BCUT2D eigenvalue weighted by atomic mass is 9.97. The first-order chi connectivity index (χ1) is 9.97. The van der Waals surface area contributed by atoms with E-state index in [9.17, 15) is 4.79 Å². The highest BCUT2D eigenvalue weighted by Crippen LogP contribution is 2.35. The Kier molecular flexibility index (Phi) is 3.49. The SMILES string of the molecule is CC1(C)Nc2ccccc2N(Cc2ccc(Br)cc2)C1=O. The van der Waals surface area contributed by atoms with Crippen molar-refractivity contribution in [3.05, 3.63) is 58.6 Å². The summed E-state index contributed by atoms with van der Waals surface area (Å²) in [6.45, 7) is 4.41. The minimum Gasteiger partial charge on any atom is -0.370 e. The molecule has 2 aromatic carbocycles. The molecule has 0 aliphatic carbocycles. The lowest BCUT2D eigenvalue weighted by molar-refractivity contribution is -0.122. The molecule has 21 heavy (non-hydrogen) atoms. The van der Waals surface area contributed by atoms with Gasteiger partial charge in [-0.25, -0.2) is 0 Å². The fourth-order valence-electron chi connectivity index (χ4n) is 2.58. The van der Waals surface area contributed by atoms with E-state index in [1.165, 1.54) is 0 Å². The summed E-state index contributed by atoms with van der Waals surface area (Å²) in [6, 6.07) is 16.0. The van der Waals surface area contributed by atoms with E-state index < -0.39 is 5.54 Å². The Morgan fingerprint density at radius 1 is 1.10 bits per heavy atom. The average Bonchev–Trinajstić information content (AvgIpc) is 2.45. The van der Waals surface area contributed by atoms with Crippen molar-refractivity contribution in [1.82, 2.24) is 0 Å². The fourth-order valence-corrected chi connectivity index (χ4v) is 2.85.